The topological polar surface area (TPSA) is 49.3 Å². The first-order valence-corrected chi connectivity index (χ1v) is 5.67. The van der Waals surface area contributed by atoms with Gasteiger partial charge in [0.05, 0.1) is 0 Å². The first-order valence-electron chi connectivity index (χ1n) is 5.67. The minimum atomic E-state index is -0.346. The lowest BCUT2D eigenvalue weighted by atomic mass is 10.2. The van der Waals surface area contributed by atoms with Gasteiger partial charge in [0.25, 0.3) is 0 Å². The van der Waals surface area contributed by atoms with Gasteiger partial charge in [-0.2, -0.15) is 0 Å². The first kappa shape index (κ1) is 12.8. The average Bonchev–Trinajstić information content (AvgIpc) is 2.39. The van der Waals surface area contributed by atoms with E-state index in [1.807, 2.05) is 0 Å². The van der Waals surface area contributed by atoms with E-state index < -0.39 is 0 Å². The molecule has 2 rings (SSSR count). The van der Waals surface area contributed by atoms with E-state index in [0.717, 1.165) is 0 Å². The summed E-state index contributed by atoms with van der Waals surface area (Å²) in [6.07, 6.45) is 2.85. The van der Waals surface area contributed by atoms with E-state index in [1.54, 1.807) is 24.3 Å². The largest absolute Gasteiger partial charge is 0.508 e. The van der Waals surface area contributed by atoms with E-state index in [2.05, 4.69) is 5.32 Å². The fourth-order valence-corrected chi connectivity index (χ4v) is 1.51. The van der Waals surface area contributed by atoms with Crippen molar-refractivity contribution in [1.29, 1.82) is 0 Å². The molecule has 2 N–H and O–H groups in total. The number of hydrogen-bond donors (Lipinski definition) is 2. The van der Waals surface area contributed by atoms with Gasteiger partial charge in [0.2, 0.25) is 5.91 Å². The van der Waals surface area contributed by atoms with Gasteiger partial charge in [-0.1, -0.05) is 12.1 Å². The van der Waals surface area contributed by atoms with Crippen molar-refractivity contribution in [1.82, 2.24) is 0 Å². The van der Waals surface area contributed by atoms with Crippen LogP contribution >= 0.6 is 0 Å². The van der Waals surface area contributed by atoms with E-state index in [9.17, 15) is 9.18 Å². The number of benzene rings is 2. The molecule has 0 aliphatic carbocycles. The highest BCUT2D eigenvalue weighted by molar-refractivity contribution is 6.01. The van der Waals surface area contributed by atoms with Crippen molar-refractivity contribution in [2.75, 3.05) is 5.32 Å². The normalized spacial score (nSPS) is 10.6. The monoisotopic (exact) mass is 257 g/mol. The Hall–Kier alpha value is -2.62. The number of carbonyl (C=O) groups is 1. The fourth-order valence-electron chi connectivity index (χ4n) is 1.51. The molecule has 96 valence electrons. The van der Waals surface area contributed by atoms with Crippen molar-refractivity contribution < 1.29 is 14.3 Å². The van der Waals surface area contributed by atoms with E-state index in [-0.39, 0.29) is 17.5 Å². The second-order valence-corrected chi connectivity index (χ2v) is 3.92. The number of halogens is 1. The molecule has 0 heterocycles. The van der Waals surface area contributed by atoms with Crippen molar-refractivity contribution >= 4 is 17.7 Å². The molecule has 0 aliphatic heterocycles. The Balaban J connectivity index is 1.99. The van der Waals surface area contributed by atoms with Crippen LogP contribution in [0.4, 0.5) is 10.1 Å². The van der Waals surface area contributed by atoms with Crippen molar-refractivity contribution in [3.63, 3.8) is 0 Å². The standard InChI is InChI=1S/C15H12FNO2/c16-12-3-1-2-11(10-12)4-9-15(19)17-13-5-7-14(18)8-6-13/h1-10,18H,(H,17,19)/b9-4+. The third kappa shape index (κ3) is 3.96. The van der Waals surface area contributed by atoms with Gasteiger partial charge in [-0.05, 0) is 48.0 Å². The van der Waals surface area contributed by atoms with Crippen molar-refractivity contribution in [3.8, 4) is 5.75 Å². The molecule has 4 heteroatoms. The number of amides is 1. The Bertz CT molecular complexity index is 606. The van der Waals surface area contributed by atoms with Crippen molar-refractivity contribution in [3.05, 3.63) is 66.0 Å². The maximum Gasteiger partial charge on any atom is 0.248 e. The lowest BCUT2D eigenvalue weighted by Crippen LogP contribution is -2.07. The molecule has 2 aromatic rings. The number of nitrogens with one attached hydrogen (secondary N) is 1. The molecule has 1 amide bonds. The van der Waals surface area contributed by atoms with Crippen molar-refractivity contribution in [2.24, 2.45) is 0 Å². The van der Waals surface area contributed by atoms with E-state index in [1.165, 1.54) is 36.4 Å². The van der Waals surface area contributed by atoms with Crippen LogP contribution in [0.3, 0.4) is 0 Å². The lowest BCUT2D eigenvalue weighted by molar-refractivity contribution is -0.111. The molecule has 0 aliphatic rings. The lowest BCUT2D eigenvalue weighted by Gasteiger charge is -2.01. The van der Waals surface area contributed by atoms with Crippen LogP contribution in [0, 0.1) is 5.82 Å². The third-order valence-corrected chi connectivity index (χ3v) is 2.41. The smallest absolute Gasteiger partial charge is 0.248 e. The summed E-state index contributed by atoms with van der Waals surface area (Å²) < 4.78 is 12.9. The van der Waals surface area contributed by atoms with Gasteiger partial charge in [-0.25, -0.2) is 4.39 Å². The maximum absolute atomic E-state index is 12.9. The van der Waals surface area contributed by atoms with Gasteiger partial charge in [-0.3, -0.25) is 4.79 Å². The summed E-state index contributed by atoms with van der Waals surface area (Å²) in [6.45, 7) is 0. The molecule has 0 fully saturated rings. The molecule has 0 spiro atoms. The molecule has 3 nitrogen and oxygen atoms in total. The second kappa shape index (κ2) is 5.82. The van der Waals surface area contributed by atoms with Crippen LogP contribution in [0.2, 0.25) is 0 Å². The number of phenols is 1. The first-order chi connectivity index (χ1) is 9.13. The predicted molar refractivity (Wildman–Crippen MR) is 72.2 cm³/mol. The van der Waals surface area contributed by atoms with Gasteiger partial charge in [-0.15, -0.1) is 0 Å². The number of aromatic hydroxyl groups is 1. The van der Waals surface area contributed by atoms with Crippen LogP contribution in [0.15, 0.2) is 54.6 Å². The van der Waals surface area contributed by atoms with Gasteiger partial charge in [0, 0.05) is 11.8 Å². The highest BCUT2D eigenvalue weighted by atomic mass is 19.1. The minimum Gasteiger partial charge on any atom is -0.508 e. The molecule has 2 aromatic carbocycles. The molecule has 0 radical (unpaired) electrons. The molecule has 19 heavy (non-hydrogen) atoms. The Labute approximate surface area is 110 Å². The van der Waals surface area contributed by atoms with Crippen LogP contribution < -0.4 is 5.32 Å². The molecule has 0 saturated carbocycles. The van der Waals surface area contributed by atoms with Gasteiger partial charge < -0.3 is 10.4 Å². The zero-order chi connectivity index (χ0) is 13.7. The summed E-state index contributed by atoms with van der Waals surface area (Å²) in [5, 5.41) is 11.7. The molecule has 0 atom stereocenters. The van der Waals surface area contributed by atoms with E-state index >= 15 is 0 Å². The fraction of sp³-hybridized carbons (Fsp3) is 0. The Kier molecular flexibility index (Phi) is 3.93. The van der Waals surface area contributed by atoms with Crippen LogP contribution in [-0.4, -0.2) is 11.0 Å². The average molecular weight is 257 g/mol. The molecule has 0 bridgehead atoms. The number of anilines is 1. The number of rotatable bonds is 3. The van der Waals surface area contributed by atoms with Crippen LogP contribution in [0.5, 0.6) is 5.75 Å². The van der Waals surface area contributed by atoms with Crippen LogP contribution in [0.1, 0.15) is 5.56 Å². The molecule has 0 aromatic heterocycles. The Morgan fingerprint density at radius 2 is 1.89 bits per heavy atom. The van der Waals surface area contributed by atoms with Gasteiger partial charge >= 0.3 is 0 Å². The summed E-state index contributed by atoms with van der Waals surface area (Å²) in [4.78, 5) is 11.6. The summed E-state index contributed by atoms with van der Waals surface area (Å²) in [5.74, 6) is -0.538. The number of hydrogen-bond acceptors (Lipinski definition) is 2. The van der Waals surface area contributed by atoms with Crippen LogP contribution in [-0.2, 0) is 4.79 Å². The van der Waals surface area contributed by atoms with Crippen LogP contribution in [0.25, 0.3) is 6.08 Å². The zero-order valence-electron chi connectivity index (χ0n) is 10.0. The third-order valence-electron chi connectivity index (χ3n) is 2.41. The van der Waals surface area contributed by atoms with Crippen molar-refractivity contribution in [2.45, 2.75) is 0 Å². The quantitative estimate of drug-likeness (QED) is 0.655. The molecule has 0 saturated heterocycles. The van der Waals surface area contributed by atoms with E-state index in [4.69, 9.17) is 5.11 Å². The summed E-state index contributed by atoms with van der Waals surface area (Å²) >= 11 is 0. The SMILES string of the molecule is O=C(/C=C/c1cccc(F)c1)Nc1ccc(O)cc1. The highest BCUT2D eigenvalue weighted by Gasteiger charge is 1.98. The molecule has 0 unspecified atom stereocenters. The molecular weight excluding hydrogens is 245 g/mol. The number of phenolic OH excluding ortho intramolecular Hbond substituents is 1. The number of carbonyl (C=O) groups excluding carboxylic acids is 1. The molecular formula is C15H12FNO2. The summed E-state index contributed by atoms with van der Waals surface area (Å²) in [5.41, 5.74) is 1.19. The maximum atomic E-state index is 12.9. The summed E-state index contributed by atoms with van der Waals surface area (Å²) in [6, 6.07) is 12.1. The summed E-state index contributed by atoms with van der Waals surface area (Å²) in [7, 11) is 0. The highest BCUT2D eigenvalue weighted by Crippen LogP contribution is 2.13. The zero-order valence-corrected chi connectivity index (χ0v) is 10.0. The van der Waals surface area contributed by atoms with E-state index in [0.29, 0.717) is 11.3 Å². The van der Waals surface area contributed by atoms with Gasteiger partial charge in [0.1, 0.15) is 11.6 Å². The second-order valence-electron chi connectivity index (χ2n) is 3.92. The minimum absolute atomic E-state index is 0.133. The van der Waals surface area contributed by atoms with Gasteiger partial charge in [0.15, 0.2) is 0 Å². The predicted octanol–water partition coefficient (Wildman–Crippen LogP) is 3.18. The Morgan fingerprint density at radius 3 is 2.58 bits per heavy atom. The Morgan fingerprint density at radius 1 is 1.16 bits per heavy atom.